The molecule has 0 bridgehead atoms. The van der Waals surface area contributed by atoms with Crippen LogP contribution in [-0.2, 0) is 0 Å². The van der Waals surface area contributed by atoms with Crippen LogP contribution in [0.25, 0.3) is 0 Å². The van der Waals surface area contributed by atoms with E-state index in [-0.39, 0.29) is 18.4 Å². The Morgan fingerprint density at radius 3 is 2.68 bits per heavy atom. The van der Waals surface area contributed by atoms with Gasteiger partial charge in [-0.1, -0.05) is 25.4 Å². The molecule has 0 aliphatic carbocycles. The molecule has 124 valence electrons. The summed E-state index contributed by atoms with van der Waals surface area (Å²) in [6, 6.07) is 3.05. The van der Waals surface area contributed by atoms with Gasteiger partial charge in [-0.3, -0.25) is 4.79 Å². The van der Waals surface area contributed by atoms with Crippen LogP contribution in [0.2, 0.25) is 5.02 Å². The van der Waals surface area contributed by atoms with Gasteiger partial charge in [0, 0.05) is 19.2 Å². The molecule has 1 aromatic rings. The Labute approximate surface area is 136 Å². The van der Waals surface area contributed by atoms with E-state index >= 15 is 0 Å². The van der Waals surface area contributed by atoms with Gasteiger partial charge in [-0.25, -0.2) is 0 Å². The van der Waals surface area contributed by atoms with Gasteiger partial charge in [0.25, 0.3) is 5.91 Å². The number of amides is 1. The van der Waals surface area contributed by atoms with Crippen molar-refractivity contribution in [2.24, 2.45) is 11.8 Å². The average Bonchev–Trinajstić information content (AvgIpc) is 2.46. The van der Waals surface area contributed by atoms with Gasteiger partial charge in [0.1, 0.15) is 5.75 Å². The van der Waals surface area contributed by atoms with Gasteiger partial charge in [-0.15, -0.1) is 0 Å². The van der Waals surface area contributed by atoms with Gasteiger partial charge < -0.3 is 20.9 Å². The summed E-state index contributed by atoms with van der Waals surface area (Å²) in [5, 5.41) is 12.3. The molecule has 1 rings (SSSR count). The predicted octanol–water partition coefficient (Wildman–Crippen LogP) is 2.71. The second-order valence-corrected chi connectivity index (χ2v) is 6.20. The van der Waals surface area contributed by atoms with Gasteiger partial charge in [-0.05, 0) is 30.7 Å². The topological polar surface area (TPSA) is 84.6 Å². The first-order valence-corrected chi connectivity index (χ1v) is 7.78. The quantitative estimate of drug-likeness (QED) is 0.640. The summed E-state index contributed by atoms with van der Waals surface area (Å²) >= 11 is 5.97. The highest BCUT2D eigenvalue weighted by atomic mass is 35.5. The minimum Gasteiger partial charge on any atom is -0.496 e. The number of nitrogens with one attached hydrogen (secondary N) is 1. The number of methoxy groups -OCH3 is 1. The molecule has 0 saturated heterocycles. The number of hydrogen-bond donors (Lipinski definition) is 3. The van der Waals surface area contributed by atoms with E-state index in [1.54, 1.807) is 0 Å². The molecule has 5 nitrogen and oxygen atoms in total. The second-order valence-electron chi connectivity index (χ2n) is 5.79. The number of hydrogen-bond acceptors (Lipinski definition) is 4. The second kappa shape index (κ2) is 8.86. The van der Waals surface area contributed by atoms with Crippen LogP contribution in [0.15, 0.2) is 12.1 Å². The Bertz CT molecular complexity index is 506. The standard InChI is InChI=1S/C16H25ClN2O3/c1-10(2)6-11(4-5-20)9-19-16(21)12-7-13(17)14(18)8-15(12)22-3/h7-8,10-11,20H,4-6,9,18H2,1-3H3,(H,19,21). The van der Waals surface area contributed by atoms with E-state index in [2.05, 4.69) is 19.2 Å². The SMILES string of the molecule is COc1cc(N)c(Cl)cc1C(=O)NCC(CCO)CC(C)C. The molecule has 6 heteroatoms. The molecule has 0 spiro atoms. The van der Waals surface area contributed by atoms with Crippen LogP contribution in [-0.4, -0.2) is 31.3 Å². The summed E-state index contributed by atoms with van der Waals surface area (Å²) in [5.41, 5.74) is 6.43. The van der Waals surface area contributed by atoms with Crippen molar-refractivity contribution in [3.8, 4) is 5.75 Å². The zero-order valence-corrected chi connectivity index (χ0v) is 14.1. The molecule has 1 aromatic carbocycles. The number of benzene rings is 1. The van der Waals surface area contributed by atoms with Gasteiger partial charge in [0.05, 0.1) is 23.4 Å². The molecule has 4 N–H and O–H groups in total. The van der Waals surface area contributed by atoms with Crippen molar-refractivity contribution >= 4 is 23.2 Å². The Balaban J connectivity index is 2.77. The number of nitrogen functional groups attached to an aromatic ring is 1. The first-order chi connectivity index (χ1) is 10.4. The van der Waals surface area contributed by atoms with E-state index < -0.39 is 0 Å². The smallest absolute Gasteiger partial charge is 0.255 e. The van der Waals surface area contributed by atoms with E-state index in [9.17, 15) is 4.79 Å². The fourth-order valence-electron chi connectivity index (χ4n) is 2.40. The van der Waals surface area contributed by atoms with Crippen LogP contribution >= 0.6 is 11.6 Å². The summed E-state index contributed by atoms with van der Waals surface area (Å²) < 4.78 is 5.18. The Morgan fingerprint density at radius 2 is 2.14 bits per heavy atom. The minimum atomic E-state index is -0.259. The maximum atomic E-state index is 12.3. The van der Waals surface area contributed by atoms with E-state index in [0.29, 0.717) is 40.9 Å². The maximum Gasteiger partial charge on any atom is 0.255 e. The molecule has 0 radical (unpaired) electrons. The summed E-state index contributed by atoms with van der Waals surface area (Å²) in [6.45, 7) is 4.86. The molecule has 0 aliphatic rings. The van der Waals surface area contributed by atoms with Crippen molar-refractivity contribution in [3.63, 3.8) is 0 Å². The minimum absolute atomic E-state index is 0.115. The lowest BCUT2D eigenvalue weighted by molar-refractivity contribution is 0.0938. The van der Waals surface area contributed by atoms with Crippen molar-refractivity contribution in [3.05, 3.63) is 22.7 Å². The zero-order chi connectivity index (χ0) is 16.7. The van der Waals surface area contributed by atoms with Gasteiger partial charge in [-0.2, -0.15) is 0 Å². The average molecular weight is 329 g/mol. The number of ether oxygens (including phenoxy) is 1. The highest BCUT2D eigenvalue weighted by Crippen LogP contribution is 2.28. The summed E-state index contributed by atoms with van der Waals surface area (Å²) in [7, 11) is 1.48. The van der Waals surface area contributed by atoms with Crippen LogP contribution in [0.3, 0.4) is 0 Å². The van der Waals surface area contributed by atoms with Crippen molar-refractivity contribution in [2.45, 2.75) is 26.7 Å². The van der Waals surface area contributed by atoms with Gasteiger partial charge in [0.2, 0.25) is 0 Å². The molecule has 1 amide bonds. The fourth-order valence-corrected chi connectivity index (χ4v) is 2.56. The largest absolute Gasteiger partial charge is 0.496 e. The number of rotatable bonds is 8. The lowest BCUT2D eigenvalue weighted by atomic mass is 9.94. The summed E-state index contributed by atoms with van der Waals surface area (Å²) in [6.07, 6.45) is 1.61. The fraction of sp³-hybridized carbons (Fsp3) is 0.562. The van der Waals surface area contributed by atoms with Crippen molar-refractivity contribution in [1.82, 2.24) is 5.32 Å². The number of aliphatic hydroxyl groups is 1. The first-order valence-electron chi connectivity index (χ1n) is 7.41. The highest BCUT2D eigenvalue weighted by molar-refractivity contribution is 6.33. The van der Waals surface area contributed by atoms with Crippen LogP contribution in [0, 0.1) is 11.8 Å². The van der Waals surface area contributed by atoms with Gasteiger partial charge in [0.15, 0.2) is 0 Å². The molecular formula is C16H25ClN2O3. The summed E-state index contributed by atoms with van der Waals surface area (Å²) in [5.74, 6) is 0.880. The first kappa shape index (κ1) is 18.6. The lowest BCUT2D eigenvalue weighted by Crippen LogP contribution is -2.30. The molecular weight excluding hydrogens is 304 g/mol. The third kappa shape index (κ3) is 5.39. The Hall–Kier alpha value is -1.46. The maximum absolute atomic E-state index is 12.3. The normalized spacial score (nSPS) is 12.3. The van der Waals surface area contributed by atoms with E-state index in [0.717, 1.165) is 6.42 Å². The Morgan fingerprint density at radius 1 is 1.45 bits per heavy atom. The Kier molecular flexibility index (Phi) is 7.48. The molecule has 1 unspecified atom stereocenters. The third-order valence-corrected chi connectivity index (χ3v) is 3.78. The number of halogens is 1. The molecule has 0 heterocycles. The number of nitrogens with two attached hydrogens (primary N) is 1. The van der Waals surface area contributed by atoms with Crippen LogP contribution in [0.4, 0.5) is 5.69 Å². The number of aliphatic hydroxyl groups excluding tert-OH is 1. The van der Waals surface area contributed by atoms with Gasteiger partial charge >= 0.3 is 0 Å². The van der Waals surface area contributed by atoms with Crippen molar-refractivity contribution in [1.29, 1.82) is 0 Å². The van der Waals surface area contributed by atoms with E-state index in [1.807, 2.05) is 0 Å². The van der Waals surface area contributed by atoms with Crippen LogP contribution in [0.1, 0.15) is 37.0 Å². The molecule has 0 aromatic heterocycles. The number of carbonyl (C=O) groups is 1. The van der Waals surface area contributed by atoms with Crippen molar-refractivity contribution in [2.75, 3.05) is 26.0 Å². The van der Waals surface area contributed by atoms with Crippen molar-refractivity contribution < 1.29 is 14.6 Å². The highest BCUT2D eigenvalue weighted by Gasteiger charge is 2.17. The molecule has 0 aliphatic heterocycles. The molecule has 22 heavy (non-hydrogen) atoms. The molecule has 0 saturated carbocycles. The summed E-state index contributed by atoms with van der Waals surface area (Å²) in [4.78, 5) is 12.3. The lowest BCUT2D eigenvalue weighted by Gasteiger charge is -2.19. The monoisotopic (exact) mass is 328 g/mol. The number of anilines is 1. The third-order valence-electron chi connectivity index (χ3n) is 3.46. The zero-order valence-electron chi connectivity index (χ0n) is 13.4. The number of carbonyl (C=O) groups excluding carboxylic acids is 1. The van der Waals surface area contributed by atoms with E-state index in [4.69, 9.17) is 27.2 Å². The molecule has 1 atom stereocenters. The van der Waals surface area contributed by atoms with Crippen LogP contribution < -0.4 is 15.8 Å². The van der Waals surface area contributed by atoms with Crippen LogP contribution in [0.5, 0.6) is 5.75 Å². The predicted molar refractivity (Wildman–Crippen MR) is 89.4 cm³/mol. The molecule has 0 fully saturated rings. The van der Waals surface area contributed by atoms with E-state index in [1.165, 1.54) is 19.2 Å².